The minimum Gasteiger partial charge on any atom is -0.309 e. The van der Waals surface area contributed by atoms with Crippen LogP contribution in [0.4, 0.5) is 4.39 Å². The summed E-state index contributed by atoms with van der Waals surface area (Å²) in [6.07, 6.45) is 0. The highest BCUT2D eigenvalue weighted by atomic mass is 79.9. The maximum Gasteiger partial charge on any atom is 0.126 e. The van der Waals surface area contributed by atoms with Crippen molar-refractivity contribution in [2.45, 2.75) is 26.8 Å². The quantitative estimate of drug-likeness (QED) is 0.847. The number of hydrogen-bond donors (Lipinski definition) is 1. The third kappa shape index (κ3) is 2.94. The Kier molecular flexibility index (Phi) is 4.61. The van der Waals surface area contributed by atoms with Crippen LogP contribution >= 0.6 is 15.9 Å². The molecule has 0 saturated carbocycles. The summed E-state index contributed by atoms with van der Waals surface area (Å²) in [6.45, 7) is 5.92. The van der Waals surface area contributed by atoms with Crippen molar-refractivity contribution in [1.29, 1.82) is 0 Å². The molecule has 0 bridgehead atoms. The van der Waals surface area contributed by atoms with Gasteiger partial charge in [-0.2, -0.15) is 0 Å². The molecule has 0 aliphatic heterocycles. The summed E-state index contributed by atoms with van der Waals surface area (Å²) >= 11 is 3.55. The number of rotatable bonds is 3. The van der Waals surface area contributed by atoms with Crippen LogP contribution in [-0.2, 0) is 0 Å². The van der Waals surface area contributed by atoms with Gasteiger partial charge in [0, 0.05) is 4.47 Å². The molecule has 0 aromatic heterocycles. The first-order chi connectivity index (χ1) is 9.43. The van der Waals surface area contributed by atoms with Crippen molar-refractivity contribution in [3.63, 3.8) is 0 Å². The summed E-state index contributed by atoms with van der Waals surface area (Å²) in [5.41, 5.74) is 5.16. The predicted molar refractivity (Wildman–Crippen MR) is 85.7 cm³/mol. The molecule has 2 aromatic carbocycles. The van der Waals surface area contributed by atoms with Crippen LogP contribution in [0, 0.1) is 26.6 Å². The van der Waals surface area contributed by atoms with E-state index in [1.54, 1.807) is 13.0 Å². The van der Waals surface area contributed by atoms with Crippen LogP contribution in [0.15, 0.2) is 34.8 Å². The van der Waals surface area contributed by atoms with Crippen LogP contribution < -0.4 is 5.32 Å². The minimum atomic E-state index is -0.158. The third-order valence-corrected chi connectivity index (χ3v) is 4.53. The van der Waals surface area contributed by atoms with E-state index in [1.807, 2.05) is 19.2 Å². The van der Waals surface area contributed by atoms with E-state index in [-0.39, 0.29) is 11.9 Å². The Morgan fingerprint density at radius 3 is 2.30 bits per heavy atom. The van der Waals surface area contributed by atoms with Gasteiger partial charge in [-0.1, -0.05) is 34.1 Å². The Labute approximate surface area is 128 Å². The van der Waals surface area contributed by atoms with E-state index in [0.717, 1.165) is 10.0 Å². The summed E-state index contributed by atoms with van der Waals surface area (Å²) in [5.74, 6) is -0.158. The van der Waals surface area contributed by atoms with Gasteiger partial charge in [0.2, 0.25) is 0 Å². The molecule has 0 radical (unpaired) electrons. The lowest BCUT2D eigenvalue weighted by Crippen LogP contribution is -2.19. The third-order valence-electron chi connectivity index (χ3n) is 3.68. The lowest BCUT2D eigenvalue weighted by molar-refractivity contribution is 0.608. The van der Waals surface area contributed by atoms with Gasteiger partial charge in [0.25, 0.3) is 0 Å². The fourth-order valence-corrected chi connectivity index (χ4v) is 2.86. The van der Waals surface area contributed by atoms with Gasteiger partial charge in [-0.05, 0) is 67.8 Å². The predicted octanol–water partition coefficient (Wildman–Crippen LogP) is 4.82. The molecule has 2 rings (SSSR count). The molecule has 0 aliphatic rings. The van der Waals surface area contributed by atoms with Crippen molar-refractivity contribution in [3.8, 4) is 0 Å². The van der Waals surface area contributed by atoms with Gasteiger partial charge in [0.15, 0.2) is 0 Å². The molecule has 0 aliphatic carbocycles. The SMILES string of the molecule is CNC(c1ccc(C)c(F)c1)c1cc(C)c(Br)cc1C. The van der Waals surface area contributed by atoms with Gasteiger partial charge >= 0.3 is 0 Å². The standard InChI is InChI=1S/C17H19BrFN/c1-10-5-6-13(9-16(10)19)17(20-4)14-7-12(3)15(18)8-11(14)2/h5-9,17,20H,1-4H3. The monoisotopic (exact) mass is 335 g/mol. The maximum absolute atomic E-state index is 13.8. The summed E-state index contributed by atoms with van der Waals surface area (Å²) in [6, 6.07) is 9.69. The topological polar surface area (TPSA) is 12.0 Å². The van der Waals surface area contributed by atoms with Gasteiger partial charge in [-0.15, -0.1) is 0 Å². The van der Waals surface area contributed by atoms with Gasteiger partial charge in [-0.25, -0.2) is 4.39 Å². The van der Waals surface area contributed by atoms with E-state index in [0.29, 0.717) is 5.56 Å². The molecule has 1 nitrogen and oxygen atoms in total. The first kappa shape index (κ1) is 15.2. The van der Waals surface area contributed by atoms with E-state index in [2.05, 4.69) is 47.2 Å². The molecule has 3 heteroatoms. The Morgan fingerprint density at radius 2 is 1.70 bits per heavy atom. The van der Waals surface area contributed by atoms with E-state index >= 15 is 0 Å². The zero-order chi connectivity index (χ0) is 14.9. The van der Waals surface area contributed by atoms with Gasteiger partial charge in [-0.3, -0.25) is 0 Å². The van der Waals surface area contributed by atoms with E-state index in [9.17, 15) is 4.39 Å². The van der Waals surface area contributed by atoms with Crippen molar-refractivity contribution < 1.29 is 4.39 Å². The average Bonchev–Trinajstić information content (AvgIpc) is 2.40. The largest absolute Gasteiger partial charge is 0.309 e. The highest BCUT2D eigenvalue weighted by Crippen LogP contribution is 2.29. The van der Waals surface area contributed by atoms with Crippen molar-refractivity contribution in [1.82, 2.24) is 5.32 Å². The Bertz CT molecular complexity index is 637. The summed E-state index contributed by atoms with van der Waals surface area (Å²) in [4.78, 5) is 0. The smallest absolute Gasteiger partial charge is 0.126 e. The molecule has 0 amide bonds. The van der Waals surface area contributed by atoms with Crippen LogP contribution in [0.3, 0.4) is 0 Å². The molecule has 1 unspecified atom stereocenters. The van der Waals surface area contributed by atoms with Crippen molar-refractivity contribution in [2.24, 2.45) is 0 Å². The number of hydrogen-bond acceptors (Lipinski definition) is 1. The zero-order valence-electron chi connectivity index (χ0n) is 12.2. The van der Waals surface area contributed by atoms with Crippen LogP contribution in [0.1, 0.15) is 33.9 Å². The number of benzene rings is 2. The Morgan fingerprint density at radius 1 is 1.00 bits per heavy atom. The Balaban J connectivity index is 2.52. The molecule has 20 heavy (non-hydrogen) atoms. The number of nitrogens with one attached hydrogen (secondary N) is 1. The molecule has 0 saturated heterocycles. The maximum atomic E-state index is 13.8. The lowest BCUT2D eigenvalue weighted by Gasteiger charge is -2.21. The molecule has 1 N–H and O–H groups in total. The van der Waals surface area contributed by atoms with E-state index in [1.165, 1.54) is 16.7 Å². The second-order valence-corrected chi connectivity index (χ2v) is 6.04. The summed E-state index contributed by atoms with van der Waals surface area (Å²) in [7, 11) is 1.90. The first-order valence-electron chi connectivity index (χ1n) is 6.64. The zero-order valence-corrected chi connectivity index (χ0v) is 13.8. The van der Waals surface area contributed by atoms with Crippen molar-refractivity contribution >= 4 is 15.9 Å². The van der Waals surface area contributed by atoms with Crippen molar-refractivity contribution in [3.05, 3.63) is 68.4 Å². The highest BCUT2D eigenvalue weighted by molar-refractivity contribution is 9.10. The number of halogens is 2. The fraction of sp³-hybridized carbons (Fsp3) is 0.294. The molecule has 0 fully saturated rings. The fourth-order valence-electron chi connectivity index (χ4n) is 2.40. The average molecular weight is 336 g/mol. The van der Waals surface area contributed by atoms with Gasteiger partial charge in [0.1, 0.15) is 5.82 Å². The van der Waals surface area contributed by atoms with E-state index < -0.39 is 0 Å². The number of aryl methyl sites for hydroxylation is 3. The first-order valence-corrected chi connectivity index (χ1v) is 7.43. The summed E-state index contributed by atoms with van der Waals surface area (Å²) < 4.78 is 14.9. The Hall–Kier alpha value is -1.19. The normalized spacial score (nSPS) is 12.5. The highest BCUT2D eigenvalue weighted by Gasteiger charge is 2.16. The minimum absolute atomic E-state index is 0.00287. The molecule has 0 spiro atoms. The molecule has 106 valence electrons. The van der Waals surface area contributed by atoms with Crippen LogP contribution in [-0.4, -0.2) is 7.05 Å². The molecule has 0 heterocycles. The van der Waals surface area contributed by atoms with Gasteiger partial charge < -0.3 is 5.32 Å². The molecule has 1 atom stereocenters. The van der Waals surface area contributed by atoms with E-state index in [4.69, 9.17) is 0 Å². The van der Waals surface area contributed by atoms with Crippen LogP contribution in [0.25, 0.3) is 0 Å². The van der Waals surface area contributed by atoms with Crippen LogP contribution in [0.2, 0.25) is 0 Å². The lowest BCUT2D eigenvalue weighted by atomic mass is 9.93. The second-order valence-electron chi connectivity index (χ2n) is 5.19. The van der Waals surface area contributed by atoms with Gasteiger partial charge in [0.05, 0.1) is 6.04 Å². The second kappa shape index (κ2) is 6.06. The molecular weight excluding hydrogens is 317 g/mol. The van der Waals surface area contributed by atoms with Crippen LogP contribution in [0.5, 0.6) is 0 Å². The molecule has 2 aromatic rings. The van der Waals surface area contributed by atoms with Crippen molar-refractivity contribution in [2.75, 3.05) is 7.05 Å². The summed E-state index contributed by atoms with van der Waals surface area (Å²) in [5, 5.41) is 3.29. The molecular formula is C17H19BrFN.